The van der Waals surface area contributed by atoms with E-state index in [1.807, 2.05) is 0 Å². The molecule has 2 aromatic rings. The molecule has 0 aromatic carbocycles. The maximum absolute atomic E-state index is 13.0. The molecular weight excluding hydrogens is 308 g/mol. The van der Waals surface area contributed by atoms with Gasteiger partial charge in [0, 0.05) is 5.41 Å². The summed E-state index contributed by atoms with van der Waals surface area (Å²) < 4.78 is 11.5. The zero-order valence-corrected chi connectivity index (χ0v) is 13.4. The van der Waals surface area contributed by atoms with Gasteiger partial charge in [0.1, 0.15) is 6.54 Å². The van der Waals surface area contributed by atoms with Gasteiger partial charge >= 0.3 is 5.76 Å². The minimum atomic E-state index is -0.598. The molecule has 0 radical (unpaired) electrons. The van der Waals surface area contributed by atoms with Crippen molar-refractivity contribution >= 4 is 5.78 Å². The highest BCUT2D eigenvalue weighted by atomic mass is 16.4. The van der Waals surface area contributed by atoms with Gasteiger partial charge in [0.2, 0.25) is 0 Å². The van der Waals surface area contributed by atoms with Crippen LogP contribution in [-0.2, 0) is 11.3 Å². The maximum atomic E-state index is 13.0. The number of hydrogen-bond donors (Lipinski definition) is 0. The minimum Gasteiger partial charge on any atom is -0.459 e. The Labute approximate surface area is 138 Å². The first-order valence-electron chi connectivity index (χ1n) is 8.76. The predicted octanol–water partition coefficient (Wildman–Crippen LogP) is 2.88. The quantitative estimate of drug-likeness (QED) is 0.862. The van der Waals surface area contributed by atoms with Gasteiger partial charge in [0.15, 0.2) is 11.5 Å². The Balaban J connectivity index is 1.40. The minimum absolute atomic E-state index is 0.00913. The van der Waals surface area contributed by atoms with Crippen LogP contribution < -0.4 is 5.76 Å². The highest BCUT2D eigenvalue weighted by Crippen LogP contribution is 2.60. The van der Waals surface area contributed by atoms with Gasteiger partial charge in [-0.1, -0.05) is 0 Å². The number of carbonyl (C=O) groups excluding carboxylic acids is 1. The van der Waals surface area contributed by atoms with E-state index in [-0.39, 0.29) is 23.6 Å². The van der Waals surface area contributed by atoms with Crippen molar-refractivity contribution in [3.63, 3.8) is 0 Å². The Morgan fingerprint density at radius 3 is 2.46 bits per heavy atom. The number of furan rings is 1. The van der Waals surface area contributed by atoms with Crippen LogP contribution in [0.2, 0.25) is 0 Å². The standard InChI is InChI=1S/C18H20N2O4/c21-15(18-7-11-4-12(8-18)6-13(5-11)9-18)10-20-17(22)24-16(19-20)14-2-1-3-23-14/h1-3,11-13H,4-10H2. The van der Waals surface area contributed by atoms with E-state index >= 15 is 0 Å². The fourth-order valence-corrected chi connectivity index (χ4v) is 5.66. The van der Waals surface area contributed by atoms with Crippen LogP contribution in [0.25, 0.3) is 11.7 Å². The van der Waals surface area contributed by atoms with Gasteiger partial charge in [-0.3, -0.25) is 4.79 Å². The van der Waals surface area contributed by atoms with Crippen LogP contribution >= 0.6 is 0 Å². The topological polar surface area (TPSA) is 78.2 Å². The van der Waals surface area contributed by atoms with Crippen LogP contribution in [0.15, 0.2) is 32.0 Å². The Hall–Kier alpha value is -2.11. The molecule has 6 heteroatoms. The van der Waals surface area contributed by atoms with E-state index in [1.54, 1.807) is 12.1 Å². The molecule has 4 saturated carbocycles. The van der Waals surface area contributed by atoms with E-state index in [1.165, 1.54) is 25.5 Å². The summed E-state index contributed by atoms with van der Waals surface area (Å²) in [6, 6.07) is 3.38. The summed E-state index contributed by atoms with van der Waals surface area (Å²) in [4.78, 5) is 25.1. The van der Waals surface area contributed by atoms with Crippen molar-refractivity contribution in [2.45, 2.75) is 45.1 Å². The van der Waals surface area contributed by atoms with Gasteiger partial charge in [0.25, 0.3) is 5.89 Å². The highest BCUT2D eigenvalue weighted by molar-refractivity contribution is 5.85. The first-order valence-corrected chi connectivity index (χ1v) is 8.76. The summed E-state index contributed by atoms with van der Waals surface area (Å²) in [5, 5.41) is 4.14. The van der Waals surface area contributed by atoms with Gasteiger partial charge in [0.05, 0.1) is 6.26 Å². The van der Waals surface area contributed by atoms with Crippen molar-refractivity contribution < 1.29 is 13.6 Å². The molecule has 2 aromatic heterocycles. The number of nitrogens with zero attached hydrogens (tertiary/aromatic N) is 2. The number of aromatic nitrogens is 2. The van der Waals surface area contributed by atoms with Crippen LogP contribution in [0.5, 0.6) is 0 Å². The zero-order valence-electron chi connectivity index (χ0n) is 13.4. The summed E-state index contributed by atoms with van der Waals surface area (Å²) in [6.07, 6.45) is 8.35. The average molecular weight is 328 g/mol. The Bertz CT molecular complexity index is 794. The molecule has 0 N–H and O–H groups in total. The Morgan fingerprint density at radius 1 is 1.21 bits per heavy atom. The molecule has 0 atom stereocenters. The monoisotopic (exact) mass is 328 g/mol. The second-order valence-corrected chi connectivity index (χ2v) is 7.93. The van der Waals surface area contributed by atoms with E-state index in [9.17, 15) is 9.59 Å². The summed E-state index contributed by atoms with van der Waals surface area (Å²) in [6.45, 7) is 0.00913. The lowest BCUT2D eigenvalue weighted by Gasteiger charge is -2.55. The number of ketones is 1. The van der Waals surface area contributed by atoms with Crippen LogP contribution in [0.1, 0.15) is 38.5 Å². The van der Waals surface area contributed by atoms with Crippen molar-refractivity contribution in [3.05, 3.63) is 28.9 Å². The van der Waals surface area contributed by atoms with Crippen LogP contribution in [0.3, 0.4) is 0 Å². The zero-order chi connectivity index (χ0) is 16.3. The molecule has 24 heavy (non-hydrogen) atoms. The molecule has 0 saturated heterocycles. The number of hydrogen-bond acceptors (Lipinski definition) is 5. The van der Waals surface area contributed by atoms with Crippen molar-refractivity contribution in [1.29, 1.82) is 0 Å². The smallest absolute Gasteiger partial charge is 0.437 e. The van der Waals surface area contributed by atoms with Crippen LogP contribution in [0, 0.1) is 23.2 Å². The van der Waals surface area contributed by atoms with Gasteiger partial charge in [-0.05, 0) is 68.4 Å². The molecule has 4 fully saturated rings. The molecule has 6 rings (SSSR count). The van der Waals surface area contributed by atoms with Crippen molar-refractivity contribution in [3.8, 4) is 11.7 Å². The van der Waals surface area contributed by atoms with Crippen molar-refractivity contribution in [1.82, 2.24) is 9.78 Å². The first kappa shape index (κ1) is 14.3. The largest absolute Gasteiger partial charge is 0.459 e. The summed E-state index contributed by atoms with van der Waals surface area (Å²) in [5.74, 6) is 2.19. The maximum Gasteiger partial charge on any atom is 0.437 e. The van der Waals surface area contributed by atoms with E-state index < -0.39 is 5.76 Å². The fraction of sp³-hybridized carbons (Fsp3) is 0.611. The molecule has 126 valence electrons. The number of carbonyl (C=O) groups is 1. The third-order valence-corrected chi connectivity index (χ3v) is 6.26. The highest BCUT2D eigenvalue weighted by Gasteiger charge is 2.54. The number of rotatable bonds is 4. The van der Waals surface area contributed by atoms with Gasteiger partial charge in [-0.15, -0.1) is 5.10 Å². The second-order valence-electron chi connectivity index (χ2n) is 7.93. The Morgan fingerprint density at radius 2 is 1.88 bits per heavy atom. The van der Waals surface area contributed by atoms with Crippen LogP contribution in [0.4, 0.5) is 0 Å². The van der Waals surface area contributed by atoms with Gasteiger partial charge in [-0.25, -0.2) is 4.79 Å². The molecule has 0 aliphatic heterocycles. The molecular formula is C18H20N2O4. The van der Waals surface area contributed by atoms with E-state index in [4.69, 9.17) is 8.83 Å². The van der Waals surface area contributed by atoms with Crippen molar-refractivity contribution in [2.24, 2.45) is 23.2 Å². The average Bonchev–Trinajstić information content (AvgIpc) is 3.16. The molecule has 4 aliphatic carbocycles. The molecule has 0 spiro atoms. The summed E-state index contributed by atoms with van der Waals surface area (Å²) >= 11 is 0. The first-order chi connectivity index (χ1) is 11.6. The third kappa shape index (κ3) is 2.12. The molecule has 0 unspecified atom stereocenters. The predicted molar refractivity (Wildman–Crippen MR) is 84.1 cm³/mol. The van der Waals surface area contributed by atoms with E-state index in [0.29, 0.717) is 23.5 Å². The van der Waals surface area contributed by atoms with Crippen molar-refractivity contribution in [2.75, 3.05) is 0 Å². The third-order valence-electron chi connectivity index (χ3n) is 6.26. The lowest BCUT2D eigenvalue weighted by atomic mass is 9.48. The SMILES string of the molecule is O=C(Cn1nc(-c2ccco2)oc1=O)C12CC3CC(CC(C3)C1)C2. The Kier molecular flexibility index (Phi) is 2.94. The summed E-state index contributed by atoms with van der Waals surface area (Å²) in [5.41, 5.74) is -0.224. The van der Waals surface area contributed by atoms with E-state index in [0.717, 1.165) is 23.9 Å². The molecule has 4 aliphatic rings. The van der Waals surface area contributed by atoms with Gasteiger partial charge < -0.3 is 8.83 Å². The van der Waals surface area contributed by atoms with Gasteiger partial charge in [-0.2, -0.15) is 4.68 Å². The fourth-order valence-electron chi connectivity index (χ4n) is 5.66. The molecule has 4 bridgehead atoms. The summed E-state index contributed by atoms with van der Waals surface area (Å²) in [7, 11) is 0. The second kappa shape index (κ2) is 4.94. The van der Waals surface area contributed by atoms with E-state index in [2.05, 4.69) is 5.10 Å². The van der Waals surface area contributed by atoms with Crippen LogP contribution in [-0.4, -0.2) is 15.6 Å². The molecule has 2 heterocycles. The number of Topliss-reactive ketones (excluding diaryl/α,β-unsaturated/α-hetero) is 1. The normalized spacial score (nSPS) is 33.9. The molecule has 6 nitrogen and oxygen atoms in total. The molecule has 0 amide bonds. The lowest BCUT2D eigenvalue weighted by molar-refractivity contribution is -0.144. The lowest BCUT2D eigenvalue weighted by Crippen LogP contribution is -2.51.